The lowest BCUT2D eigenvalue weighted by atomic mass is 10.3. The summed E-state index contributed by atoms with van der Waals surface area (Å²) in [7, 11) is 3.43. The first-order valence-corrected chi connectivity index (χ1v) is 9.86. The van der Waals surface area contributed by atoms with Gasteiger partial charge in [0.1, 0.15) is 18.4 Å². The maximum Gasteiger partial charge on any atom is 0.243 e. The van der Waals surface area contributed by atoms with Crippen molar-refractivity contribution in [2.45, 2.75) is 19.6 Å². The first kappa shape index (κ1) is 21.1. The molecule has 2 rings (SSSR count). The Balaban J connectivity index is 1.89. The molecule has 0 aliphatic rings. The summed E-state index contributed by atoms with van der Waals surface area (Å²) in [5.41, 5.74) is 0. The van der Waals surface area contributed by atoms with E-state index in [2.05, 4.69) is 15.6 Å². The van der Waals surface area contributed by atoms with E-state index in [0.717, 1.165) is 5.75 Å². The number of nitrogens with zero attached hydrogens (tertiary/aromatic N) is 2. The normalized spacial score (nSPS) is 12.4. The van der Waals surface area contributed by atoms with Crippen LogP contribution in [-0.4, -0.2) is 50.1 Å². The second-order valence-electron chi connectivity index (χ2n) is 6.15. The molecule has 0 saturated carbocycles. The summed E-state index contributed by atoms with van der Waals surface area (Å²) in [6.45, 7) is 3.23. The molecule has 0 aliphatic carbocycles. The van der Waals surface area contributed by atoms with Crippen LogP contribution < -0.4 is 15.4 Å². The molecule has 0 saturated heterocycles. The van der Waals surface area contributed by atoms with Gasteiger partial charge in [-0.05, 0) is 42.6 Å². The lowest BCUT2D eigenvalue weighted by Crippen LogP contribution is -2.42. The standard InChI is InChI=1S/C19H25ClN4O2S/c1-14(26-16-8-6-15(20)7-9-16)11-21-19(23-13-18(25)24(2)3)22-12-17-5-4-10-27-17/h4-10,14H,11-13H2,1-3H3,(H2,21,22,23). The van der Waals surface area contributed by atoms with Crippen LogP contribution >= 0.6 is 22.9 Å². The number of hydrogen-bond acceptors (Lipinski definition) is 4. The molecule has 146 valence electrons. The van der Waals surface area contributed by atoms with E-state index in [1.165, 1.54) is 9.78 Å². The van der Waals surface area contributed by atoms with Crippen LogP contribution in [-0.2, 0) is 11.3 Å². The Hall–Kier alpha value is -2.25. The molecule has 1 unspecified atom stereocenters. The summed E-state index contributed by atoms with van der Waals surface area (Å²) >= 11 is 7.55. The minimum Gasteiger partial charge on any atom is -0.489 e. The zero-order valence-corrected chi connectivity index (χ0v) is 17.3. The fourth-order valence-corrected chi connectivity index (χ4v) is 2.84. The zero-order valence-electron chi connectivity index (χ0n) is 15.7. The Morgan fingerprint density at radius 2 is 2.00 bits per heavy atom. The third-order valence-electron chi connectivity index (χ3n) is 3.59. The van der Waals surface area contributed by atoms with Crippen molar-refractivity contribution >= 4 is 34.8 Å². The molecular formula is C19H25ClN4O2S. The smallest absolute Gasteiger partial charge is 0.243 e. The highest BCUT2D eigenvalue weighted by Gasteiger charge is 2.08. The quantitative estimate of drug-likeness (QED) is 0.520. The van der Waals surface area contributed by atoms with Crippen LogP contribution in [0.2, 0.25) is 5.02 Å². The Bertz CT molecular complexity index is 733. The van der Waals surface area contributed by atoms with Crippen LogP contribution in [0.1, 0.15) is 11.8 Å². The number of halogens is 1. The van der Waals surface area contributed by atoms with E-state index in [1.807, 2.05) is 36.6 Å². The van der Waals surface area contributed by atoms with Crippen LogP contribution in [0.5, 0.6) is 5.75 Å². The molecule has 1 atom stereocenters. The van der Waals surface area contributed by atoms with E-state index >= 15 is 0 Å². The van der Waals surface area contributed by atoms with Crippen LogP contribution in [0.15, 0.2) is 46.8 Å². The van der Waals surface area contributed by atoms with Crippen LogP contribution in [0.4, 0.5) is 0 Å². The minimum atomic E-state index is -0.0931. The summed E-state index contributed by atoms with van der Waals surface area (Å²) in [5.74, 6) is 1.27. The van der Waals surface area contributed by atoms with E-state index in [4.69, 9.17) is 16.3 Å². The molecule has 0 spiro atoms. The maximum atomic E-state index is 11.8. The third-order valence-corrected chi connectivity index (χ3v) is 4.72. The highest BCUT2D eigenvalue weighted by molar-refractivity contribution is 7.09. The van der Waals surface area contributed by atoms with E-state index in [-0.39, 0.29) is 18.6 Å². The van der Waals surface area contributed by atoms with Crippen LogP contribution in [0.3, 0.4) is 0 Å². The van der Waals surface area contributed by atoms with E-state index in [0.29, 0.717) is 24.1 Å². The molecule has 1 amide bonds. The Labute approximate surface area is 169 Å². The lowest BCUT2D eigenvalue weighted by molar-refractivity contribution is -0.127. The molecule has 6 nitrogen and oxygen atoms in total. The number of rotatable bonds is 8. The van der Waals surface area contributed by atoms with Gasteiger partial charge in [-0.2, -0.15) is 0 Å². The molecule has 1 aromatic heterocycles. The molecule has 1 heterocycles. The van der Waals surface area contributed by atoms with E-state index in [9.17, 15) is 4.79 Å². The first-order chi connectivity index (χ1) is 12.9. The van der Waals surface area contributed by atoms with Gasteiger partial charge >= 0.3 is 0 Å². The van der Waals surface area contributed by atoms with Gasteiger partial charge in [-0.3, -0.25) is 4.79 Å². The molecular weight excluding hydrogens is 384 g/mol. The molecule has 2 aromatic rings. The highest BCUT2D eigenvalue weighted by atomic mass is 35.5. The number of benzene rings is 1. The number of carbonyl (C=O) groups excluding carboxylic acids is 1. The molecule has 0 bridgehead atoms. The molecule has 27 heavy (non-hydrogen) atoms. The summed E-state index contributed by atoms with van der Waals surface area (Å²) in [6.07, 6.45) is -0.0931. The second kappa shape index (κ2) is 10.8. The largest absolute Gasteiger partial charge is 0.489 e. The lowest BCUT2D eigenvalue weighted by Gasteiger charge is -2.18. The molecule has 0 aliphatic heterocycles. The van der Waals surface area contributed by atoms with Gasteiger partial charge in [-0.1, -0.05) is 17.7 Å². The topological polar surface area (TPSA) is 66.0 Å². The van der Waals surface area contributed by atoms with Gasteiger partial charge in [0.2, 0.25) is 5.91 Å². The molecule has 2 N–H and O–H groups in total. The number of ether oxygens (including phenoxy) is 1. The first-order valence-electron chi connectivity index (χ1n) is 8.61. The van der Waals surface area contributed by atoms with Gasteiger partial charge in [-0.25, -0.2) is 4.99 Å². The van der Waals surface area contributed by atoms with E-state index < -0.39 is 0 Å². The van der Waals surface area contributed by atoms with Crippen molar-refractivity contribution in [2.24, 2.45) is 4.99 Å². The maximum absolute atomic E-state index is 11.8. The summed E-state index contributed by atoms with van der Waals surface area (Å²) in [6, 6.07) is 11.3. The summed E-state index contributed by atoms with van der Waals surface area (Å²) < 4.78 is 5.86. The number of guanidine groups is 1. The number of carbonyl (C=O) groups is 1. The monoisotopic (exact) mass is 408 g/mol. The van der Waals surface area contributed by atoms with Gasteiger partial charge in [0.15, 0.2) is 5.96 Å². The average Bonchev–Trinajstić information content (AvgIpc) is 3.16. The number of hydrogen-bond donors (Lipinski definition) is 2. The Morgan fingerprint density at radius 3 is 2.63 bits per heavy atom. The minimum absolute atomic E-state index is 0.0577. The predicted octanol–water partition coefficient (Wildman–Crippen LogP) is 2.99. The molecule has 8 heteroatoms. The van der Waals surface area contributed by atoms with Gasteiger partial charge < -0.3 is 20.3 Å². The Kier molecular flexibility index (Phi) is 8.42. The van der Waals surface area contributed by atoms with Gasteiger partial charge in [0, 0.05) is 24.0 Å². The van der Waals surface area contributed by atoms with Crippen LogP contribution in [0.25, 0.3) is 0 Å². The van der Waals surface area contributed by atoms with Crippen molar-refractivity contribution in [3.63, 3.8) is 0 Å². The van der Waals surface area contributed by atoms with Crippen molar-refractivity contribution in [1.29, 1.82) is 0 Å². The summed E-state index contributed by atoms with van der Waals surface area (Å²) in [4.78, 5) is 18.9. The zero-order chi connectivity index (χ0) is 19.6. The van der Waals surface area contributed by atoms with Gasteiger partial charge in [0.25, 0.3) is 0 Å². The van der Waals surface area contributed by atoms with Crippen molar-refractivity contribution in [1.82, 2.24) is 15.5 Å². The molecule has 1 aromatic carbocycles. The van der Waals surface area contributed by atoms with Crippen molar-refractivity contribution < 1.29 is 9.53 Å². The fraction of sp³-hybridized carbons (Fsp3) is 0.368. The summed E-state index contributed by atoms with van der Waals surface area (Å²) in [5, 5.41) is 9.18. The van der Waals surface area contributed by atoms with Crippen LogP contribution in [0, 0.1) is 0 Å². The number of likely N-dealkylation sites (N-methyl/N-ethyl adjacent to an activating group) is 1. The predicted molar refractivity (Wildman–Crippen MR) is 112 cm³/mol. The number of aliphatic imine (C=N–C) groups is 1. The number of nitrogens with one attached hydrogen (secondary N) is 2. The molecule has 0 radical (unpaired) electrons. The van der Waals surface area contributed by atoms with Crippen molar-refractivity contribution in [3.8, 4) is 5.75 Å². The fourth-order valence-electron chi connectivity index (χ4n) is 2.07. The number of amides is 1. The average molecular weight is 409 g/mol. The number of thiophene rings is 1. The van der Waals surface area contributed by atoms with Gasteiger partial charge in [-0.15, -0.1) is 11.3 Å². The second-order valence-corrected chi connectivity index (χ2v) is 7.62. The highest BCUT2D eigenvalue weighted by Crippen LogP contribution is 2.16. The van der Waals surface area contributed by atoms with E-state index in [1.54, 1.807) is 37.6 Å². The Morgan fingerprint density at radius 1 is 1.26 bits per heavy atom. The molecule has 0 fully saturated rings. The third kappa shape index (κ3) is 7.88. The van der Waals surface area contributed by atoms with Crippen molar-refractivity contribution in [2.75, 3.05) is 27.2 Å². The van der Waals surface area contributed by atoms with Gasteiger partial charge in [0.05, 0.1) is 13.1 Å². The SMILES string of the molecule is CC(CNC(=NCC(=O)N(C)C)NCc1cccs1)Oc1ccc(Cl)cc1. The van der Waals surface area contributed by atoms with Crippen molar-refractivity contribution in [3.05, 3.63) is 51.7 Å².